The molecule has 0 aromatic heterocycles. The smallest absolute Gasteiger partial charge is 0.119 e. The number of rotatable bonds is 9. The summed E-state index contributed by atoms with van der Waals surface area (Å²) < 4.78 is 11.5. The van der Waals surface area contributed by atoms with Crippen molar-refractivity contribution in [3.8, 4) is 5.75 Å². The van der Waals surface area contributed by atoms with Gasteiger partial charge in [-0.3, -0.25) is 4.90 Å². The van der Waals surface area contributed by atoms with Gasteiger partial charge in [-0.15, -0.1) is 0 Å². The van der Waals surface area contributed by atoms with Crippen molar-refractivity contribution >= 4 is 0 Å². The lowest BCUT2D eigenvalue weighted by atomic mass is 10.1. The Morgan fingerprint density at radius 1 is 1.15 bits per heavy atom. The third-order valence-electron chi connectivity index (χ3n) is 4.80. The van der Waals surface area contributed by atoms with Gasteiger partial charge in [-0.1, -0.05) is 42.5 Å². The minimum atomic E-state index is -0.541. The first-order chi connectivity index (χ1) is 12.7. The van der Waals surface area contributed by atoms with E-state index in [1.54, 1.807) is 0 Å². The Bertz CT molecular complexity index is 655. The van der Waals surface area contributed by atoms with Gasteiger partial charge in [0.1, 0.15) is 18.5 Å². The number of para-hydroxylation sites is 1. The molecule has 4 nitrogen and oxygen atoms in total. The summed E-state index contributed by atoms with van der Waals surface area (Å²) in [6.45, 7) is 5.50. The Kier molecular flexibility index (Phi) is 7.06. The van der Waals surface area contributed by atoms with Crippen LogP contribution in [0.1, 0.15) is 24.0 Å². The maximum absolute atomic E-state index is 10.5. The van der Waals surface area contributed by atoms with E-state index in [-0.39, 0.29) is 6.10 Å². The van der Waals surface area contributed by atoms with Crippen molar-refractivity contribution in [3.63, 3.8) is 0 Å². The summed E-state index contributed by atoms with van der Waals surface area (Å²) in [7, 11) is 0. The highest BCUT2D eigenvalue weighted by Crippen LogP contribution is 2.17. The van der Waals surface area contributed by atoms with Crippen molar-refractivity contribution in [3.05, 3.63) is 65.7 Å². The zero-order valence-corrected chi connectivity index (χ0v) is 15.5. The molecule has 1 aliphatic heterocycles. The van der Waals surface area contributed by atoms with Crippen molar-refractivity contribution in [1.29, 1.82) is 0 Å². The molecular formula is C22H29NO3. The molecule has 1 N–H and O–H groups in total. The van der Waals surface area contributed by atoms with Gasteiger partial charge in [0.2, 0.25) is 0 Å². The highest BCUT2D eigenvalue weighted by Gasteiger charge is 2.21. The number of aryl methyl sites for hydroxylation is 1. The van der Waals surface area contributed by atoms with Crippen LogP contribution in [-0.2, 0) is 11.3 Å². The Balaban J connectivity index is 1.57. The first-order valence-electron chi connectivity index (χ1n) is 9.45. The first-order valence-corrected chi connectivity index (χ1v) is 9.45. The van der Waals surface area contributed by atoms with E-state index in [0.29, 0.717) is 13.2 Å². The number of hydrogen-bond donors (Lipinski definition) is 1. The second-order valence-corrected chi connectivity index (χ2v) is 7.03. The van der Waals surface area contributed by atoms with Gasteiger partial charge in [0.05, 0.1) is 6.10 Å². The molecule has 1 saturated heterocycles. The van der Waals surface area contributed by atoms with Gasteiger partial charge in [-0.25, -0.2) is 0 Å². The Hall–Kier alpha value is -1.88. The number of aliphatic hydroxyl groups is 1. The van der Waals surface area contributed by atoms with Crippen LogP contribution in [-0.4, -0.2) is 48.5 Å². The number of hydrogen-bond acceptors (Lipinski definition) is 4. The van der Waals surface area contributed by atoms with Crippen LogP contribution in [0.4, 0.5) is 0 Å². The van der Waals surface area contributed by atoms with Crippen LogP contribution >= 0.6 is 0 Å². The summed E-state index contributed by atoms with van der Waals surface area (Å²) in [5.74, 6) is 0.788. The molecule has 26 heavy (non-hydrogen) atoms. The molecule has 0 aliphatic carbocycles. The molecule has 1 aliphatic rings. The van der Waals surface area contributed by atoms with Crippen molar-refractivity contribution in [2.45, 2.75) is 38.5 Å². The van der Waals surface area contributed by atoms with Crippen LogP contribution in [0.15, 0.2) is 54.6 Å². The molecule has 3 rings (SSSR count). The summed E-state index contributed by atoms with van der Waals surface area (Å²) in [5.41, 5.74) is 2.57. The molecule has 1 fully saturated rings. The number of benzene rings is 2. The van der Waals surface area contributed by atoms with E-state index in [4.69, 9.17) is 9.47 Å². The van der Waals surface area contributed by atoms with E-state index in [1.165, 1.54) is 11.1 Å². The van der Waals surface area contributed by atoms with Crippen LogP contribution in [0, 0.1) is 6.92 Å². The van der Waals surface area contributed by atoms with Gasteiger partial charge in [0, 0.05) is 26.2 Å². The van der Waals surface area contributed by atoms with Gasteiger partial charge in [0.15, 0.2) is 0 Å². The molecular weight excluding hydrogens is 326 g/mol. The normalized spacial score (nSPS) is 18.2. The van der Waals surface area contributed by atoms with Gasteiger partial charge in [-0.2, -0.15) is 0 Å². The van der Waals surface area contributed by atoms with Gasteiger partial charge < -0.3 is 14.6 Å². The van der Waals surface area contributed by atoms with E-state index in [9.17, 15) is 5.11 Å². The topological polar surface area (TPSA) is 41.9 Å². The maximum Gasteiger partial charge on any atom is 0.119 e. The van der Waals surface area contributed by atoms with Crippen LogP contribution in [0.5, 0.6) is 5.75 Å². The van der Waals surface area contributed by atoms with Gasteiger partial charge in [0.25, 0.3) is 0 Å². The van der Waals surface area contributed by atoms with Crippen molar-refractivity contribution in [2.24, 2.45) is 0 Å². The summed E-state index contributed by atoms with van der Waals surface area (Å²) >= 11 is 0. The fraction of sp³-hybridized carbons (Fsp3) is 0.455. The lowest BCUT2D eigenvalue weighted by molar-refractivity contribution is 0.0313. The largest absolute Gasteiger partial charge is 0.491 e. The van der Waals surface area contributed by atoms with E-state index in [1.807, 2.05) is 30.3 Å². The second-order valence-electron chi connectivity index (χ2n) is 7.03. The quantitative estimate of drug-likeness (QED) is 0.748. The van der Waals surface area contributed by atoms with Gasteiger partial charge in [-0.05, 0) is 43.0 Å². The zero-order valence-electron chi connectivity index (χ0n) is 15.5. The Morgan fingerprint density at radius 2 is 1.92 bits per heavy atom. The van der Waals surface area contributed by atoms with Crippen LogP contribution in [0.2, 0.25) is 0 Å². The summed E-state index contributed by atoms with van der Waals surface area (Å²) in [6.07, 6.45) is 1.95. The van der Waals surface area contributed by atoms with Crippen molar-refractivity contribution in [1.82, 2.24) is 4.90 Å². The van der Waals surface area contributed by atoms with E-state index < -0.39 is 6.10 Å². The standard InChI is InChI=1S/C22H29NO3/c1-18-8-5-6-9-19(18)14-23(16-22-12-7-13-25-22)15-20(24)17-26-21-10-3-2-4-11-21/h2-6,8-11,20,22,24H,7,12-17H2,1H3/t20-,22+/m0/s1. The average molecular weight is 355 g/mol. The van der Waals surface area contributed by atoms with Crippen LogP contribution < -0.4 is 4.74 Å². The third kappa shape index (κ3) is 5.84. The van der Waals surface area contributed by atoms with Crippen LogP contribution in [0.3, 0.4) is 0 Å². The third-order valence-corrected chi connectivity index (χ3v) is 4.80. The lowest BCUT2D eigenvalue weighted by Crippen LogP contribution is -2.39. The highest BCUT2D eigenvalue weighted by molar-refractivity contribution is 5.25. The molecule has 2 atom stereocenters. The highest BCUT2D eigenvalue weighted by atomic mass is 16.5. The minimum absolute atomic E-state index is 0.265. The summed E-state index contributed by atoms with van der Waals surface area (Å²) in [4.78, 5) is 2.29. The minimum Gasteiger partial charge on any atom is -0.491 e. The molecule has 0 amide bonds. The monoisotopic (exact) mass is 355 g/mol. The molecule has 1 heterocycles. The Morgan fingerprint density at radius 3 is 2.65 bits per heavy atom. The summed E-state index contributed by atoms with van der Waals surface area (Å²) in [5, 5.41) is 10.5. The van der Waals surface area contributed by atoms with E-state index in [0.717, 1.165) is 38.3 Å². The van der Waals surface area contributed by atoms with Crippen molar-refractivity contribution in [2.75, 3.05) is 26.3 Å². The molecule has 0 radical (unpaired) electrons. The number of ether oxygens (including phenoxy) is 2. The predicted molar refractivity (Wildman–Crippen MR) is 103 cm³/mol. The number of aliphatic hydroxyl groups excluding tert-OH is 1. The fourth-order valence-electron chi connectivity index (χ4n) is 3.37. The molecule has 0 bridgehead atoms. The average Bonchev–Trinajstić information content (AvgIpc) is 3.16. The molecule has 0 unspecified atom stereocenters. The molecule has 0 saturated carbocycles. The lowest BCUT2D eigenvalue weighted by Gasteiger charge is -2.28. The maximum atomic E-state index is 10.5. The fourth-order valence-corrected chi connectivity index (χ4v) is 3.37. The molecule has 0 spiro atoms. The SMILES string of the molecule is Cc1ccccc1CN(C[C@H](O)COc1ccccc1)C[C@H]1CCCO1. The number of nitrogens with zero attached hydrogens (tertiary/aromatic N) is 1. The Labute approximate surface area is 156 Å². The second kappa shape index (κ2) is 9.72. The van der Waals surface area contributed by atoms with Crippen molar-refractivity contribution < 1.29 is 14.6 Å². The molecule has 2 aromatic carbocycles. The van der Waals surface area contributed by atoms with Crippen LogP contribution in [0.25, 0.3) is 0 Å². The zero-order chi connectivity index (χ0) is 18.2. The molecule has 2 aromatic rings. The first kappa shape index (κ1) is 18.9. The summed E-state index contributed by atoms with van der Waals surface area (Å²) in [6, 6.07) is 18.1. The molecule has 140 valence electrons. The van der Waals surface area contributed by atoms with Gasteiger partial charge >= 0.3 is 0 Å². The van der Waals surface area contributed by atoms with E-state index in [2.05, 4.69) is 36.1 Å². The van der Waals surface area contributed by atoms with E-state index >= 15 is 0 Å². The molecule has 4 heteroatoms. The predicted octanol–water partition coefficient (Wildman–Crippen LogP) is 3.42.